The van der Waals surface area contributed by atoms with Gasteiger partial charge in [-0.25, -0.2) is 4.98 Å². The molecule has 2 saturated heterocycles. The molecule has 2 fully saturated rings. The van der Waals surface area contributed by atoms with E-state index in [0.717, 1.165) is 30.2 Å². The van der Waals surface area contributed by atoms with Gasteiger partial charge in [-0.05, 0) is 6.92 Å². The SMILES string of the molecule is Cc1cc(N2CC(C(=O)N3CCOCC3)C2)n2nccc2n1. The maximum absolute atomic E-state index is 12.4. The van der Waals surface area contributed by atoms with Crippen molar-refractivity contribution in [3.63, 3.8) is 0 Å². The highest BCUT2D eigenvalue weighted by atomic mass is 16.5. The number of ether oxygens (including phenoxy) is 1. The van der Waals surface area contributed by atoms with Crippen molar-refractivity contribution in [2.75, 3.05) is 44.3 Å². The molecule has 4 heterocycles. The molecule has 0 saturated carbocycles. The van der Waals surface area contributed by atoms with Crippen LogP contribution in [0.3, 0.4) is 0 Å². The topological polar surface area (TPSA) is 63.0 Å². The summed E-state index contributed by atoms with van der Waals surface area (Å²) in [6, 6.07) is 3.92. The summed E-state index contributed by atoms with van der Waals surface area (Å²) in [6.07, 6.45) is 1.75. The van der Waals surface area contributed by atoms with Gasteiger partial charge < -0.3 is 14.5 Å². The summed E-state index contributed by atoms with van der Waals surface area (Å²) in [6.45, 7) is 6.20. The Bertz CT molecular complexity index is 701. The molecule has 2 aliphatic heterocycles. The van der Waals surface area contributed by atoms with E-state index in [1.807, 2.05) is 28.5 Å². The van der Waals surface area contributed by atoms with Gasteiger partial charge in [0.05, 0.1) is 25.3 Å². The Labute approximate surface area is 128 Å². The van der Waals surface area contributed by atoms with Crippen LogP contribution in [0.25, 0.3) is 5.65 Å². The van der Waals surface area contributed by atoms with E-state index in [1.165, 1.54) is 0 Å². The largest absolute Gasteiger partial charge is 0.378 e. The third kappa shape index (κ3) is 2.21. The predicted octanol–water partition coefficient (Wildman–Crippen LogP) is 0.333. The van der Waals surface area contributed by atoms with Crippen molar-refractivity contribution in [3.8, 4) is 0 Å². The highest BCUT2D eigenvalue weighted by Crippen LogP contribution is 2.26. The first-order valence-corrected chi connectivity index (χ1v) is 7.65. The molecule has 0 bridgehead atoms. The van der Waals surface area contributed by atoms with Gasteiger partial charge in [-0.2, -0.15) is 9.61 Å². The Balaban J connectivity index is 1.48. The van der Waals surface area contributed by atoms with Crippen LogP contribution < -0.4 is 4.90 Å². The highest BCUT2D eigenvalue weighted by Gasteiger charge is 2.37. The molecule has 0 N–H and O–H groups in total. The Hall–Kier alpha value is -2.15. The zero-order valence-electron chi connectivity index (χ0n) is 12.6. The van der Waals surface area contributed by atoms with Gasteiger partial charge in [0.15, 0.2) is 5.65 Å². The van der Waals surface area contributed by atoms with Crippen molar-refractivity contribution in [2.45, 2.75) is 6.92 Å². The number of rotatable bonds is 2. The van der Waals surface area contributed by atoms with Crippen molar-refractivity contribution < 1.29 is 9.53 Å². The van der Waals surface area contributed by atoms with E-state index < -0.39 is 0 Å². The fourth-order valence-corrected chi connectivity index (χ4v) is 3.11. The predicted molar refractivity (Wildman–Crippen MR) is 80.8 cm³/mol. The van der Waals surface area contributed by atoms with Crippen LogP contribution in [-0.4, -0.2) is 64.8 Å². The number of carbonyl (C=O) groups excluding carboxylic acids is 1. The molecule has 116 valence electrons. The van der Waals surface area contributed by atoms with Gasteiger partial charge in [0.25, 0.3) is 0 Å². The summed E-state index contributed by atoms with van der Waals surface area (Å²) in [7, 11) is 0. The van der Waals surface area contributed by atoms with Crippen LogP contribution in [-0.2, 0) is 9.53 Å². The van der Waals surface area contributed by atoms with Gasteiger partial charge in [0, 0.05) is 44.0 Å². The number of carbonyl (C=O) groups is 1. The van der Waals surface area contributed by atoms with E-state index in [9.17, 15) is 4.79 Å². The van der Waals surface area contributed by atoms with E-state index in [4.69, 9.17) is 4.74 Å². The lowest BCUT2D eigenvalue weighted by atomic mass is 9.98. The van der Waals surface area contributed by atoms with Crippen molar-refractivity contribution in [1.82, 2.24) is 19.5 Å². The van der Waals surface area contributed by atoms with Crippen LogP contribution in [0.4, 0.5) is 5.82 Å². The molecule has 1 amide bonds. The fourth-order valence-electron chi connectivity index (χ4n) is 3.11. The van der Waals surface area contributed by atoms with Gasteiger partial charge >= 0.3 is 0 Å². The first kappa shape index (κ1) is 13.5. The van der Waals surface area contributed by atoms with Gasteiger partial charge in [-0.15, -0.1) is 0 Å². The maximum Gasteiger partial charge on any atom is 0.229 e. The third-order valence-corrected chi connectivity index (χ3v) is 4.35. The van der Waals surface area contributed by atoms with E-state index >= 15 is 0 Å². The van der Waals surface area contributed by atoms with Crippen molar-refractivity contribution in [3.05, 3.63) is 24.0 Å². The molecule has 7 nitrogen and oxygen atoms in total. The first-order chi connectivity index (χ1) is 10.7. The van der Waals surface area contributed by atoms with Gasteiger partial charge in [-0.1, -0.05) is 0 Å². The first-order valence-electron chi connectivity index (χ1n) is 7.65. The quantitative estimate of drug-likeness (QED) is 0.800. The second-order valence-corrected chi connectivity index (χ2v) is 5.90. The maximum atomic E-state index is 12.4. The molecular weight excluding hydrogens is 282 g/mol. The smallest absolute Gasteiger partial charge is 0.229 e. The van der Waals surface area contributed by atoms with Crippen molar-refractivity contribution in [2.24, 2.45) is 5.92 Å². The molecule has 2 aromatic heterocycles. The van der Waals surface area contributed by atoms with Crippen LogP contribution in [0.2, 0.25) is 0 Å². The summed E-state index contributed by atoms with van der Waals surface area (Å²) in [5, 5.41) is 4.32. The number of hydrogen-bond donors (Lipinski definition) is 0. The number of anilines is 1. The lowest BCUT2D eigenvalue weighted by Crippen LogP contribution is -2.56. The Morgan fingerprint density at radius 2 is 2.09 bits per heavy atom. The van der Waals surface area contributed by atoms with Crippen molar-refractivity contribution >= 4 is 17.4 Å². The van der Waals surface area contributed by atoms with E-state index in [1.54, 1.807) is 6.20 Å². The Morgan fingerprint density at radius 3 is 2.86 bits per heavy atom. The number of fused-ring (bicyclic) bond motifs is 1. The van der Waals surface area contributed by atoms with E-state index in [2.05, 4.69) is 15.0 Å². The zero-order chi connectivity index (χ0) is 15.1. The Kier molecular flexibility index (Phi) is 3.22. The summed E-state index contributed by atoms with van der Waals surface area (Å²) in [4.78, 5) is 21.0. The lowest BCUT2D eigenvalue weighted by molar-refractivity contribution is -0.140. The Morgan fingerprint density at radius 1 is 1.32 bits per heavy atom. The number of morpholine rings is 1. The van der Waals surface area contributed by atoms with Gasteiger partial charge in [-0.3, -0.25) is 4.79 Å². The molecule has 2 aromatic rings. The lowest BCUT2D eigenvalue weighted by Gasteiger charge is -2.42. The minimum absolute atomic E-state index is 0.0807. The number of amides is 1. The molecule has 7 heteroatoms. The van der Waals surface area contributed by atoms with E-state index in [-0.39, 0.29) is 11.8 Å². The number of hydrogen-bond acceptors (Lipinski definition) is 5. The molecule has 0 aliphatic carbocycles. The van der Waals surface area contributed by atoms with Gasteiger partial charge in [0.2, 0.25) is 5.91 Å². The van der Waals surface area contributed by atoms with Crippen LogP contribution >= 0.6 is 0 Å². The monoisotopic (exact) mass is 301 g/mol. The molecule has 0 radical (unpaired) electrons. The normalized spacial score (nSPS) is 19.5. The van der Waals surface area contributed by atoms with Gasteiger partial charge in [0.1, 0.15) is 5.82 Å². The zero-order valence-corrected chi connectivity index (χ0v) is 12.6. The van der Waals surface area contributed by atoms with Crippen LogP contribution in [0.1, 0.15) is 5.69 Å². The molecule has 0 unspecified atom stereocenters. The van der Waals surface area contributed by atoms with Crippen LogP contribution in [0, 0.1) is 12.8 Å². The molecule has 4 rings (SSSR count). The van der Waals surface area contributed by atoms with Crippen molar-refractivity contribution in [1.29, 1.82) is 0 Å². The molecule has 0 atom stereocenters. The standard InChI is InChI=1S/C15H19N5O2/c1-11-8-14(20-13(17-11)2-3-16-20)19-9-12(10-19)15(21)18-4-6-22-7-5-18/h2-3,8,12H,4-7,9-10H2,1H3. The number of nitrogens with zero attached hydrogens (tertiary/aromatic N) is 5. The minimum Gasteiger partial charge on any atom is -0.378 e. The van der Waals surface area contributed by atoms with E-state index in [0.29, 0.717) is 26.3 Å². The summed E-state index contributed by atoms with van der Waals surface area (Å²) in [5.41, 5.74) is 1.81. The average molecular weight is 301 g/mol. The van der Waals surface area contributed by atoms with Crippen LogP contribution in [0.15, 0.2) is 18.3 Å². The third-order valence-electron chi connectivity index (χ3n) is 4.35. The molecular formula is C15H19N5O2. The molecule has 0 aromatic carbocycles. The fraction of sp³-hybridized carbons (Fsp3) is 0.533. The second-order valence-electron chi connectivity index (χ2n) is 5.90. The highest BCUT2D eigenvalue weighted by molar-refractivity contribution is 5.82. The van der Waals surface area contributed by atoms with Crippen LogP contribution in [0.5, 0.6) is 0 Å². The molecule has 22 heavy (non-hydrogen) atoms. The minimum atomic E-state index is 0.0807. The summed E-state index contributed by atoms with van der Waals surface area (Å²) >= 11 is 0. The second kappa shape index (κ2) is 5.24. The summed E-state index contributed by atoms with van der Waals surface area (Å²) < 4.78 is 7.14. The number of aromatic nitrogens is 3. The average Bonchev–Trinajstić information content (AvgIpc) is 2.94. The molecule has 2 aliphatic rings. The molecule has 0 spiro atoms. The number of aryl methyl sites for hydroxylation is 1. The summed E-state index contributed by atoms with van der Waals surface area (Å²) in [5.74, 6) is 1.35.